The molecule has 3 rings (SSSR count). The molecule has 1 aromatic heterocycles. The third-order valence-corrected chi connectivity index (χ3v) is 3.25. The number of nitrogens with zero attached hydrogens (tertiary/aromatic N) is 2. The van der Waals surface area contributed by atoms with Gasteiger partial charge >= 0.3 is 0 Å². The van der Waals surface area contributed by atoms with Gasteiger partial charge in [0.2, 0.25) is 5.95 Å². The minimum atomic E-state index is -0.450. The first-order chi connectivity index (χ1) is 9.60. The number of methoxy groups -OCH3 is 1. The van der Waals surface area contributed by atoms with E-state index in [0.717, 1.165) is 11.3 Å². The van der Waals surface area contributed by atoms with E-state index >= 15 is 0 Å². The van der Waals surface area contributed by atoms with Crippen molar-refractivity contribution in [2.75, 3.05) is 12.8 Å². The van der Waals surface area contributed by atoms with Crippen molar-refractivity contribution < 1.29 is 9.13 Å². The van der Waals surface area contributed by atoms with E-state index in [0.29, 0.717) is 17.0 Å². The molecule has 1 heterocycles. The molecule has 4 nitrogen and oxygen atoms in total. The zero-order valence-corrected chi connectivity index (χ0v) is 11.2. The molecular formula is C15H14FN3O. The molecule has 0 saturated heterocycles. The van der Waals surface area contributed by atoms with E-state index in [-0.39, 0.29) is 5.75 Å². The average molecular weight is 271 g/mol. The van der Waals surface area contributed by atoms with Gasteiger partial charge in [-0.25, -0.2) is 9.37 Å². The third-order valence-electron chi connectivity index (χ3n) is 3.25. The molecule has 0 aliphatic rings. The van der Waals surface area contributed by atoms with E-state index in [4.69, 9.17) is 10.5 Å². The predicted molar refractivity (Wildman–Crippen MR) is 76.7 cm³/mol. The fourth-order valence-corrected chi connectivity index (χ4v) is 2.22. The summed E-state index contributed by atoms with van der Waals surface area (Å²) in [6.45, 7) is 2.01. The Kier molecular flexibility index (Phi) is 2.82. The Hall–Kier alpha value is -2.56. The molecule has 3 aromatic rings. The van der Waals surface area contributed by atoms with Crippen molar-refractivity contribution in [3.8, 4) is 11.4 Å². The Balaban J connectivity index is 2.29. The quantitative estimate of drug-likeness (QED) is 0.779. The van der Waals surface area contributed by atoms with Gasteiger partial charge in [0.1, 0.15) is 0 Å². The fourth-order valence-electron chi connectivity index (χ4n) is 2.22. The summed E-state index contributed by atoms with van der Waals surface area (Å²) < 4.78 is 20.5. The lowest BCUT2D eigenvalue weighted by atomic mass is 10.2. The summed E-state index contributed by atoms with van der Waals surface area (Å²) >= 11 is 0. The Bertz CT molecular complexity index is 778. The highest BCUT2D eigenvalue weighted by molar-refractivity contribution is 5.82. The van der Waals surface area contributed by atoms with Gasteiger partial charge in [-0.1, -0.05) is 17.7 Å². The number of fused-ring (bicyclic) bond motifs is 1. The van der Waals surface area contributed by atoms with Crippen LogP contribution in [0.4, 0.5) is 10.3 Å². The normalized spacial score (nSPS) is 10.9. The number of imidazole rings is 1. The number of nitrogen functional groups attached to an aromatic ring is 1. The summed E-state index contributed by atoms with van der Waals surface area (Å²) in [6, 6.07) is 10.8. The minimum absolute atomic E-state index is 0.172. The second-order valence-corrected chi connectivity index (χ2v) is 4.62. The molecule has 0 atom stereocenters. The maximum absolute atomic E-state index is 13.7. The van der Waals surface area contributed by atoms with Gasteiger partial charge in [-0.05, 0) is 19.1 Å². The lowest BCUT2D eigenvalue weighted by Crippen LogP contribution is -2.00. The minimum Gasteiger partial charge on any atom is -0.494 e. The predicted octanol–water partition coefficient (Wildman–Crippen LogP) is 3.06. The maximum Gasteiger partial charge on any atom is 0.205 e. The monoisotopic (exact) mass is 271 g/mol. The van der Waals surface area contributed by atoms with Gasteiger partial charge in [-0.15, -0.1) is 0 Å². The van der Waals surface area contributed by atoms with Crippen LogP contribution in [0.3, 0.4) is 0 Å². The maximum atomic E-state index is 13.7. The Morgan fingerprint density at radius 3 is 2.55 bits per heavy atom. The zero-order valence-electron chi connectivity index (χ0n) is 11.2. The molecule has 0 aliphatic heterocycles. The van der Waals surface area contributed by atoms with Crippen molar-refractivity contribution in [3.63, 3.8) is 0 Å². The van der Waals surface area contributed by atoms with Crippen molar-refractivity contribution >= 4 is 17.0 Å². The highest BCUT2D eigenvalue weighted by Gasteiger charge is 2.14. The lowest BCUT2D eigenvalue weighted by molar-refractivity contribution is 0.387. The fraction of sp³-hybridized carbons (Fsp3) is 0.133. The second-order valence-electron chi connectivity index (χ2n) is 4.62. The summed E-state index contributed by atoms with van der Waals surface area (Å²) in [4.78, 5) is 4.19. The number of anilines is 1. The smallest absolute Gasteiger partial charge is 0.205 e. The summed E-state index contributed by atoms with van der Waals surface area (Å²) in [7, 11) is 1.43. The summed E-state index contributed by atoms with van der Waals surface area (Å²) in [5, 5.41) is 0. The number of hydrogen-bond donors (Lipinski definition) is 1. The first-order valence-electron chi connectivity index (χ1n) is 6.18. The Morgan fingerprint density at radius 2 is 1.90 bits per heavy atom. The van der Waals surface area contributed by atoms with E-state index in [1.807, 2.05) is 31.2 Å². The number of halogens is 1. The van der Waals surface area contributed by atoms with Crippen LogP contribution in [0, 0.1) is 12.7 Å². The van der Waals surface area contributed by atoms with Crippen molar-refractivity contribution in [1.29, 1.82) is 0 Å². The number of rotatable bonds is 2. The van der Waals surface area contributed by atoms with Crippen molar-refractivity contribution in [3.05, 3.63) is 47.8 Å². The van der Waals surface area contributed by atoms with Gasteiger partial charge in [0.05, 0.1) is 18.1 Å². The van der Waals surface area contributed by atoms with Gasteiger partial charge in [0.15, 0.2) is 11.6 Å². The standard InChI is InChI=1S/C15H14FN3O/c1-9-3-5-10(6-4-9)19-13-8-14(20-2)11(16)7-12(13)18-15(19)17/h3-8H,1-2H3,(H2,17,18). The molecular weight excluding hydrogens is 257 g/mol. The van der Waals surface area contributed by atoms with E-state index in [1.165, 1.54) is 13.2 Å². The number of aromatic nitrogens is 2. The number of aryl methyl sites for hydroxylation is 1. The molecule has 2 N–H and O–H groups in total. The topological polar surface area (TPSA) is 53.1 Å². The Labute approximate surface area is 115 Å². The van der Waals surface area contributed by atoms with Crippen LogP contribution in [0.25, 0.3) is 16.7 Å². The lowest BCUT2D eigenvalue weighted by Gasteiger charge is -2.08. The van der Waals surface area contributed by atoms with E-state index < -0.39 is 5.82 Å². The first kappa shape index (κ1) is 12.5. The van der Waals surface area contributed by atoms with E-state index in [2.05, 4.69) is 4.98 Å². The highest BCUT2D eigenvalue weighted by atomic mass is 19.1. The molecule has 0 saturated carbocycles. The number of ether oxygens (including phenoxy) is 1. The molecule has 0 radical (unpaired) electrons. The molecule has 2 aromatic carbocycles. The van der Waals surface area contributed by atoms with Crippen LogP contribution in [-0.4, -0.2) is 16.7 Å². The van der Waals surface area contributed by atoms with Crippen LogP contribution in [0.2, 0.25) is 0 Å². The summed E-state index contributed by atoms with van der Waals surface area (Å²) in [6.07, 6.45) is 0. The second kappa shape index (κ2) is 4.52. The molecule has 0 fully saturated rings. The van der Waals surface area contributed by atoms with Gasteiger partial charge < -0.3 is 10.5 Å². The summed E-state index contributed by atoms with van der Waals surface area (Å²) in [5.74, 6) is 0.0378. The molecule has 102 valence electrons. The Morgan fingerprint density at radius 1 is 1.20 bits per heavy atom. The molecule has 20 heavy (non-hydrogen) atoms. The molecule has 0 aliphatic carbocycles. The van der Waals surface area contributed by atoms with Gasteiger partial charge in [0.25, 0.3) is 0 Å². The molecule has 0 bridgehead atoms. The van der Waals surface area contributed by atoms with Crippen LogP contribution in [-0.2, 0) is 0 Å². The van der Waals surface area contributed by atoms with Crippen LogP contribution in [0.1, 0.15) is 5.56 Å². The third kappa shape index (κ3) is 1.87. The van der Waals surface area contributed by atoms with E-state index in [1.54, 1.807) is 10.6 Å². The molecule has 0 unspecified atom stereocenters. The highest BCUT2D eigenvalue weighted by Crippen LogP contribution is 2.28. The zero-order chi connectivity index (χ0) is 14.3. The van der Waals surface area contributed by atoms with Gasteiger partial charge in [0, 0.05) is 17.8 Å². The number of hydrogen-bond acceptors (Lipinski definition) is 3. The summed E-state index contributed by atoms with van der Waals surface area (Å²) in [5.41, 5.74) is 9.20. The van der Waals surface area contributed by atoms with Crippen molar-refractivity contribution in [1.82, 2.24) is 9.55 Å². The average Bonchev–Trinajstić information content (AvgIpc) is 2.74. The van der Waals surface area contributed by atoms with E-state index in [9.17, 15) is 4.39 Å². The van der Waals surface area contributed by atoms with Crippen LogP contribution >= 0.6 is 0 Å². The number of benzene rings is 2. The first-order valence-corrected chi connectivity index (χ1v) is 6.18. The van der Waals surface area contributed by atoms with Crippen LogP contribution in [0.5, 0.6) is 5.75 Å². The molecule has 0 spiro atoms. The SMILES string of the molecule is COc1cc2c(cc1F)nc(N)n2-c1ccc(C)cc1. The van der Waals surface area contributed by atoms with Gasteiger partial charge in [-0.2, -0.15) is 0 Å². The van der Waals surface area contributed by atoms with Gasteiger partial charge in [-0.3, -0.25) is 4.57 Å². The van der Waals surface area contributed by atoms with Crippen LogP contribution in [0.15, 0.2) is 36.4 Å². The van der Waals surface area contributed by atoms with Crippen LogP contribution < -0.4 is 10.5 Å². The number of nitrogens with two attached hydrogens (primary N) is 1. The van der Waals surface area contributed by atoms with Crippen molar-refractivity contribution in [2.45, 2.75) is 6.92 Å². The molecule has 5 heteroatoms. The largest absolute Gasteiger partial charge is 0.494 e. The molecule has 0 amide bonds. The van der Waals surface area contributed by atoms with Crippen molar-refractivity contribution in [2.24, 2.45) is 0 Å².